The number of halogens is 1. The van der Waals surface area contributed by atoms with Gasteiger partial charge in [0.05, 0.1) is 11.5 Å². The van der Waals surface area contributed by atoms with Gasteiger partial charge in [0.15, 0.2) is 0 Å². The van der Waals surface area contributed by atoms with E-state index >= 15 is 0 Å². The summed E-state index contributed by atoms with van der Waals surface area (Å²) in [4.78, 5) is 14.9. The third-order valence-electron chi connectivity index (χ3n) is 5.59. The Bertz CT molecular complexity index is 974. The lowest BCUT2D eigenvalue weighted by molar-refractivity contribution is 0.0945. The number of benzene rings is 2. The topological polar surface area (TPSA) is 79.0 Å². The molecule has 1 aliphatic heterocycles. The smallest absolute Gasteiger partial charge is 0.251 e. The molecule has 0 bridgehead atoms. The van der Waals surface area contributed by atoms with Crippen molar-refractivity contribution in [1.29, 1.82) is 0 Å². The van der Waals surface area contributed by atoms with Crippen molar-refractivity contribution in [2.45, 2.75) is 31.6 Å². The van der Waals surface area contributed by atoms with Gasteiger partial charge in [0.1, 0.15) is 5.75 Å². The van der Waals surface area contributed by atoms with Gasteiger partial charge >= 0.3 is 0 Å². The van der Waals surface area contributed by atoms with E-state index in [1.54, 1.807) is 24.3 Å². The van der Waals surface area contributed by atoms with Crippen molar-refractivity contribution in [3.63, 3.8) is 0 Å². The van der Waals surface area contributed by atoms with Crippen molar-refractivity contribution < 1.29 is 17.9 Å². The van der Waals surface area contributed by atoms with E-state index in [-0.39, 0.29) is 18.3 Å². The molecule has 182 valence electrons. The minimum Gasteiger partial charge on any atom is -0.494 e. The molecule has 1 saturated heterocycles. The molecule has 1 amide bonds. The Morgan fingerprint density at radius 1 is 1.00 bits per heavy atom. The summed E-state index contributed by atoms with van der Waals surface area (Å²) >= 11 is 0. The Hall–Kier alpha value is -2.13. The highest BCUT2D eigenvalue weighted by atomic mass is 35.5. The lowest BCUT2D eigenvalue weighted by Crippen LogP contribution is -2.50. The van der Waals surface area contributed by atoms with E-state index in [2.05, 4.69) is 17.1 Å². The fraction of sp³-hybridized carbons (Fsp3) is 0.458. The zero-order valence-electron chi connectivity index (χ0n) is 19.3. The molecule has 2 aromatic carbocycles. The number of ether oxygens (including phenoxy) is 1. The quantitative estimate of drug-likeness (QED) is 0.511. The Morgan fingerprint density at radius 2 is 1.64 bits per heavy atom. The maximum Gasteiger partial charge on any atom is 0.251 e. The Balaban J connectivity index is 0.00000385. The molecule has 0 aliphatic carbocycles. The summed E-state index contributed by atoms with van der Waals surface area (Å²) in [5, 5.41) is 2.94. The zero-order chi connectivity index (χ0) is 23.0. The standard InChI is InChI=1S/C24H33N3O4S.ClH/c1-3-4-19-31-22-9-7-21(8-10-22)24(28)25-13-14-26-15-17-27(18-16-26)32(29,30)23-11-5-20(2)6-12-23;/h5-12H,3-4,13-19H2,1-2H3,(H,25,28);1H. The minimum atomic E-state index is -3.46. The first-order chi connectivity index (χ1) is 15.4. The van der Waals surface area contributed by atoms with E-state index in [1.165, 1.54) is 4.31 Å². The number of carbonyl (C=O) groups is 1. The number of nitrogens with zero attached hydrogens (tertiary/aromatic N) is 2. The van der Waals surface area contributed by atoms with Gasteiger partial charge in [0.25, 0.3) is 5.91 Å². The molecular weight excluding hydrogens is 462 g/mol. The van der Waals surface area contributed by atoms with Crippen LogP contribution in [-0.2, 0) is 10.0 Å². The summed E-state index contributed by atoms with van der Waals surface area (Å²) in [7, 11) is -3.46. The van der Waals surface area contributed by atoms with Crippen LogP contribution in [0.15, 0.2) is 53.4 Å². The van der Waals surface area contributed by atoms with E-state index in [1.807, 2.05) is 31.2 Å². The van der Waals surface area contributed by atoms with Crippen LogP contribution < -0.4 is 10.1 Å². The zero-order valence-corrected chi connectivity index (χ0v) is 21.0. The molecule has 3 rings (SSSR count). The summed E-state index contributed by atoms with van der Waals surface area (Å²) in [6.07, 6.45) is 2.09. The average Bonchev–Trinajstić information content (AvgIpc) is 2.80. The van der Waals surface area contributed by atoms with Crippen molar-refractivity contribution in [1.82, 2.24) is 14.5 Å². The number of nitrogens with one attached hydrogen (secondary N) is 1. The highest BCUT2D eigenvalue weighted by Crippen LogP contribution is 2.18. The molecule has 1 aliphatic rings. The van der Waals surface area contributed by atoms with Gasteiger partial charge in [-0.05, 0) is 49.7 Å². The van der Waals surface area contributed by atoms with Crippen LogP contribution in [0.3, 0.4) is 0 Å². The number of unbranched alkanes of at least 4 members (excludes halogenated alkanes) is 1. The van der Waals surface area contributed by atoms with Crippen LogP contribution in [0.25, 0.3) is 0 Å². The number of hydrogen-bond donors (Lipinski definition) is 1. The van der Waals surface area contributed by atoms with E-state index < -0.39 is 10.0 Å². The van der Waals surface area contributed by atoms with E-state index in [9.17, 15) is 13.2 Å². The molecule has 1 fully saturated rings. The molecule has 1 N–H and O–H groups in total. The molecule has 0 unspecified atom stereocenters. The first-order valence-corrected chi connectivity index (χ1v) is 12.6. The van der Waals surface area contributed by atoms with Gasteiger partial charge in [0, 0.05) is 44.8 Å². The highest BCUT2D eigenvalue weighted by molar-refractivity contribution is 7.89. The lowest BCUT2D eigenvalue weighted by Gasteiger charge is -2.34. The maximum absolute atomic E-state index is 12.8. The summed E-state index contributed by atoms with van der Waals surface area (Å²) < 4.78 is 32.8. The molecule has 33 heavy (non-hydrogen) atoms. The average molecular weight is 496 g/mol. The lowest BCUT2D eigenvalue weighted by atomic mass is 10.2. The fourth-order valence-electron chi connectivity index (χ4n) is 3.52. The molecule has 0 spiro atoms. The number of piperazine rings is 1. The van der Waals surface area contributed by atoms with Gasteiger partial charge in [0.2, 0.25) is 10.0 Å². The number of sulfonamides is 1. The molecule has 2 aromatic rings. The molecule has 0 radical (unpaired) electrons. The summed E-state index contributed by atoms with van der Waals surface area (Å²) in [6, 6.07) is 14.1. The monoisotopic (exact) mass is 495 g/mol. The summed E-state index contributed by atoms with van der Waals surface area (Å²) in [6.45, 7) is 8.11. The SMILES string of the molecule is CCCCOc1ccc(C(=O)NCCN2CCN(S(=O)(=O)c3ccc(C)cc3)CC2)cc1.Cl. The maximum atomic E-state index is 12.8. The van der Waals surface area contributed by atoms with E-state index in [0.717, 1.165) is 24.2 Å². The second kappa shape index (κ2) is 12.9. The van der Waals surface area contributed by atoms with Crippen molar-refractivity contribution >= 4 is 28.3 Å². The normalized spacial score (nSPS) is 15.0. The van der Waals surface area contributed by atoms with Crippen LogP contribution in [0, 0.1) is 6.92 Å². The first kappa shape index (κ1) is 27.1. The predicted octanol–water partition coefficient (Wildman–Crippen LogP) is 3.33. The van der Waals surface area contributed by atoms with Gasteiger partial charge in [-0.15, -0.1) is 12.4 Å². The number of aryl methyl sites for hydroxylation is 1. The van der Waals surface area contributed by atoms with E-state index in [0.29, 0.717) is 56.3 Å². The molecule has 0 aromatic heterocycles. The highest BCUT2D eigenvalue weighted by Gasteiger charge is 2.28. The molecule has 7 nitrogen and oxygen atoms in total. The molecule has 1 heterocycles. The van der Waals surface area contributed by atoms with E-state index in [4.69, 9.17) is 4.74 Å². The van der Waals surface area contributed by atoms with Crippen LogP contribution in [0.1, 0.15) is 35.7 Å². The molecule has 9 heteroatoms. The van der Waals surface area contributed by atoms with Crippen molar-refractivity contribution in [3.05, 3.63) is 59.7 Å². The molecule has 0 atom stereocenters. The van der Waals surface area contributed by atoms with Crippen LogP contribution in [0.2, 0.25) is 0 Å². The summed E-state index contributed by atoms with van der Waals surface area (Å²) in [5.41, 5.74) is 1.63. The van der Waals surface area contributed by atoms with Gasteiger partial charge in [-0.1, -0.05) is 31.0 Å². The Kier molecular flexibility index (Phi) is 10.6. The third kappa shape index (κ3) is 7.71. The number of carbonyl (C=O) groups excluding carboxylic acids is 1. The third-order valence-corrected chi connectivity index (χ3v) is 7.50. The Labute approximate surface area is 203 Å². The minimum absolute atomic E-state index is 0. The van der Waals surface area contributed by atoms with Crippen molar-refractivity contribution in [2.24, 2.45) is 0 Å². The first-order valence-electron chi connectivity index (χ1n) is 11.2. The van der Waals surface area contributed by atoms with Crippen molar-refractivity contribution in [2.75, 3.05) is 45.9 Å². The number of rotatable bonds is 10. The molecular formula is C24H34ClN3O4S. The molecule has 0 saturated carbocycles. The second-order valence-corrected chi connectivity index (χ2v) is 9.98. The predicted molar refractivity (Wildman–Crippen MR) is 133 cm³/mol. The van der Waals surface area contributed by atoms with Crippen LogP contribution in [-0.4, -0.2) is 69.4 Å². The van der Waals surface area contributed by atoms with Crippen LogP contribution in [0.5, 0.6) is 5.75 Å². The van der Waals surface area contributed by atoms with Crippen LogP contribution >= 0.6 is 12.4 Å². The van der Waals surface area contributed by atoms with Crippen molar-refractivity contribution in [3.8, 4) is 5.75 Å². The number of hydrogen-bond acceptors (Lipinski definition) is 5. The fourth-order valence-corrected chi connectivity index (χ4v) is 4.94. The summed E-state index contributed by atoms with van der Waals surface area (Å²) in [5.74, 6) is 0.652. The second-order valence-electron chi connectivity index (χ2n) is 8.04. The largest absolute Gasteiger partial charge is 0.494 e. The van der Waals surface area contributed by atoms with Crippen LogP contribution in [0.4, 0.5) is 0 Å². The van der Waals surface area contributed by atoms with Gasteiger partial charge in [-0.3, -0.25) is 9.69 Å². The number of amides is 1. The van der Waals surface area contributed by atoms with Gasteiger partial charge in [-0.2, -0.15) is 4.31 Å². The van der Waals surface area contributed by atoms with Gasteiger partial charge < -0.3 is 10.1 Å². The Morgan fingerprint density at radius 3 is 2.24 bits per heavy atom. The van der Waals surface area contributed by atoms with Gasteiger partial charge in [-0.25, -0.2) is 8.42 Å².